The highest BCUT2D eigenvalue weighted by Gasteiger charge is 2.21. The summed E-state index contributed by atoms with van der Waals surface area (Å²) in [7, 11) is 5.76. The number of carbonyl (C=O) groups excluding carboxylic acids is 2. The van der Waals surface area contributed by atoms with E-state index >= 15 is 0 Å². The molecule has 0 heterocycles. The van der Waals surface area contributed by atoms with Gasteiger partial charge in [0.15, 0.2) is 6.10 Å². The van der Waals surface area contributed by atoms with E-state index in [-0.39, 0.29) is 6.42 Å². The summed E-state index contributed by atoms with van der Waals surface area (Å²) in [6.07, 6.45) is 14.8. The fraction of sp³-hybridized carbons (Fsp3) is 0.818. The third-order valence-corrected chi connectivity index (χ3v) is 4.46. The molecule has 0 spiro atoms. The summed E-state index contributed by atoms with van der Waals surface area (Å²) in [4.78, 5) is 22.7. The Hall–Kier alpha value is -1.40. The number of quaternary nitrogens is 1. The predicted molar refractivity (Wildman–Crippen MR) is 109 cm³/mol. The van der Waals surface area contributed by atoms with Gasteiger partial charge in [0.1, 0.15) is 6.54 Å². The number of nitrogens with zero attached hydrogens (tertiary/aromatic N) is 1. The molecule has 1 N–H and O–H groups in total. The van der Waals surface area contributed by atoms with Gasteiger partial charge in [-0.2, -0.15) is 0 Å². The van der Waals surface area contributed by atoms with Crippen LogP contribution in [-0.4, -0.2) is 61.9 Å². The number of aliphatic hydroxyl groups excluding tert-OH is 1. The summed E-state index contributed by atoms with van der Waals surface area (Å²) in [6, 6.07) is 0. The molecule has 0 rings (SSSR count). The summed E-state index contributed by atoms with van der Waals surface area (Å²) >= 11 is 0. The van der Waals surface area contributed by atoms with Crippen LogP contribution < -0.4 is 5.11 Å². The molecule has 0 saturated heterocycles. The maximum atomic E-state index is 11.9. The monoisotopic (exact) mass is 399 g/mol. The lowest BCUT2D eigenvalue weighted by Gasteiger charge is -2.29. The number of hydrogen-bond acceptors (Lipinski definition) is 5. The SMILES string of the molecule is C[N+](C)(C)CC(CC(=O)[O-])OC(=O)C=CCCCCCCCCCCCCO. The molecule has 0 aromatic heterocycles. The van der Waals surface area contributed by atoms with Crippen LogP contribution in [0.15, 0.2) is 12.2 Å². The number of allylic oxidation sites excluding steroid dienone is 1. The van der Waals surface area contributed by atoms with Crippen LogP contribution in [0.5, 0.6) is 0 Å². The van der Waals surface area contributed by atoms with Crippen LogP contribution in [-0.2, 0) is 14.3 Å². The number of ether oxygens (including phenoxy) is 1. The number of aliphatic hydroxyl groups is 1. The van der Waals surface area contributed by atoms with E-state index in [1.54, 1.807) is 0 Å². The number of hydrogen-bond donors (Lipinski definition) is 1. The minimum atomic E-state index is -1.21. The van der Waals surface area contributed by atoms with Gasteiger partial charge in [-0.05, 0) is 19.3 Å². The second kappa shape index (κ2) is 16.5. The van der Waals surface area contributed by atoms with Gasteiger partial charge in [-0.15, -0.1) is 0 Å². The van der Waals surface area contributed by atoms with E-state index in [2.05, 4.69) is 0 Å². The second-order valence-electron chi connectivity index (χ2n) is 8.56. The fourth-order valence-electron chi connectivity index (χ4n) is 3.11. The van der Waals surface area contributed by atoms with Gasteiger partial charge in [0, 0.05) is 25.1 Å². The first kappa shape index (κ1) is 26.6. The number of esters is 1. The summed E-state index contributed by atoms with van der Waals surface area (Å²) in [5, 5.41) is 19.5. The molecule has 0 aliphatic carbocycles. The molecular weight excluding hydrogens is 358 g/mol. The molecule has 0 saturated carbocycles. The number of aliphatic carboxylic acids is 1. The lowest BCUT2D eigenvalue weighted by atomic mass is 10.1. The Labute approximate surface area is 171 Å². The molecule has 0 amide bonds. The van der Waals surface area contributed by atoms with Gasteiger partial charge in [0.05, 0.1) is 21.1 Å². The van der Waals surface area contributed by atoms with Crippen LogP contribution in [0.3, 0.4) is 0 Å². The molecular formula is C22H41NO5. The van der Waals surface area contributed by atoms with E-state index in [0.29, 0.717) is 17.6 Å². The normalized spacial score (nSPS) is 13.0. The van der Waals surface area contributed by atoms with Crippen LogP contribution in [0.25, 0.3) is 0 Å². The van der Waals surface area contributed by atoms with Gasteiger partial charge in [-0.3, -0.25) is 0 Å². The van der Waals surface area contributed by atoms with E-state index in [1.165, 1.54) is 44.6 Å². The topological polar surface area (TPSA) is 86.7 Å². The molecule has 1 atom stereocenters. The Morgan fingerprint density at radius 1 is 0.929 bits per heavy atom. The summed E-state index contributed by atoms with van der Waals surface area (Å²) in [6.45, 7) is 0.734. The summed E-state index contributed by atoms with van der Waals surface area (Å²) < 4.78 is 5.78. The standard InChI is InChI=1S/C22H41NO5/c1-23(2,3)19-20(18-21(25)26)28-22(27)16-14-12-10-8-6-4-5-7-9-11-13-15-17-24/h14,16,20,24H,4-13,15,17-19H2,1-3H3. The minimum absolute atomic E-state index is 0.281. The molecule has 0 aliphatic heterocycles. The van der Waals surface area contributed by atoms with Crippen molar-refractivity contribution < 1.29 is 29.0 Å². The number of likely N-dealkylation sites (N-methyl/N-ethyl adjacent to an activating group) is 1. The maximum Gasteiger partial charge on any atom is 0.330 e. The highest BCUT2D eigenvalue weighted by atomic mass is 16.5. The molecule has 28 heavy (non-hydrogen) atoms. The number of rotatable bonds is 18. The molecule has 0 aromatic rings. The third-order valence-electron chi connectivity index (χ3n) is 4.46. The maximum absolute atomic E-state index is 11.9. The average Bonchev–Trinajstić information content (AvgIpc) is 2.56. The number of carboxylic acids is 1. The van der Waals surface area contributed by atoms with Crippen molar-refractivity contribution in [3.05, 3.63) is 12.2 Å². The molecule has 0 fully saturated rings. The van der Waals surface area contributed by atoms with Crippen molar-refractivity contribution >= 4 is 11.9 Å². The van der Waals surface area contributed by atoms with E-state index < -0.39 is 18.0 Å². The summed E-state index contributed by atoms with van der Waals surface area (Å²) in [5.74, 6) is -1.69. The first-order chi connectivity index (χ1) is 13.2. The Morgan fingerprint density at radius 3 is 1.89 bits per heavy atom. The smallest absolute Gasteiger partial charge is 0.330 e. The number of carbonyl (C=O) groups is 2. The Balaban J connectivity index is 3.77. The van der Waals surface area contributed by atoms with E-state index in [9.17, 15) is 14.7 Å². The fourth-order valence-corrected chi connectivity index (χ4v) is 3.11. The van der Waals surface area contributed by atoms with Crippen molar-refractivity contribution in [2.45, 2.75) is 83.2 Å². The van der Waals surface area contributed by atoms with E-state index in [4.69, 9.17) is 9.84 Å². The van der Waals surface area contributed by atoms with Crippen molar-refractivity contribution in [1.29, 1.82) is 0 Å². The molecule has 0 radical (unpaired) electrons. The lowest BCUT2D eigenvalue weighted by Crippen LogP contribution is -2.45. The Bertz CT molecular complexity index is 443. The Kier molecular flexibility index (Phi) is 15.7. The van der Waals surface area contributed by atoms with Gasteiger partial charge < -0.3 is 24.2 Å². The quantitative estimate of drug-likeness (QED) is 0.166. The lowest BCUT2D eigenvalue weighted by molar-refractivity contribution is -0.873. The highest BCUT2D eigenvalue weighted by molar-refractivity contribution is 5.82. The van der Waals surface area contributed by atoms with Gasteiger partial charge >= 0.3 is 5.97 Å². The van der Waals surface area contributed by atoms with Crippen molar-refractivity contribution in [2.24, 2.45) is 0 Å². The zero-order valence-corrected chi connectivity index (χ0v) is 18.2. The first-order valence-electron chi connectivity index (χ1n) is 10.7. The van der Waals surface area contributed by atoms with Crippen molar-refractivity contribution in [3.8, 4) is 0 Å². The zero-order chi connectivity index (χ0) is 21.3. The zero-order valence-electron chi connectivity index (χ0n) is 18.2. The molecule has 6 heteroatoms. The average molecular weight is 400 g/mol. The number of unbranched alkanes of at least 4 members (excludes halogenated alkanes) is 10. The third kappa shape index (κ3) is 19.4. The van der Waals surface area contributed by atoms with Gasteiger partial charge in [0.25, 0.3) is 0 Å². The van der Waals surface area contributed by atoms with Gasteiger partial charge in [-0.1, -0.05) is 57.4 Å². The van der Waals surface area contributed by atoms with Crippen molar-refractivity contribution in [3.63, 3.8) is 0 Å². The molecule has 0 bridgehead atoms. The largest absolute Gasteiger partial charge is 0.550 e. The van der Waals surface area contributed by atoms with E-state index in [1.807, 2.05) is 27.2 Å². The van der Waals surface area contributed by atoms with Crippen LogP contribution in [0.4, 0.5) is 0 Å². The van der Waals surface area contributed by atoms with Crippen LogP contribution in [0, 0.1) is 0 Å². The van der Waals surface area contributed by atoms with Gasteiger partial charge in [-0.25, -0.2) is 4.79 Å². The van der Waals surface area contributed by atoms with Crippen molar-refractivity contribution in [1.82, 2.24) is 0 Å². The molecule has 164 valence electrons. The highest BCUT2D eigenvalue weighted by Crippen LogP contribution is 2.11. The van der Waals surface area contributed by atoms with Crippen molar-refractivity contribution in [2.75, 3.05) is 34.3 Å². The number of carboxylic acid groups (broad SMARTS) is 1. The molecule has 0 aliphatic rings. The molecule has 6 nitrogen and oxygen atoms in total. The van der Waals surface area contributed by atoms with Crippen LogP contribution in [0.2, 0.25) is 0 Å². The predicted octanol–water partition coefficient (Wildman–Crippen LogP) is 2.58. The Morgan fingerprint density at radius 2 is 1.43 bits per heavy atom. The minimum Gasteiger partial charge on any atom is -0.550 e. The van der Waals surface area contributed by atoms with E-state index in [0.717, 1.165) is 32.1 Å². The molecule has 0 aromatic carbocycles. The molecule has 1 unspecified atom stereocenters. The van der Waals surface area contributed by atoms with Crippen LogP contribution in [0.1, 0.15) is 77.0 Å². The van der Waals surface area contributed by atoms with Crippen LogP contribution >= 0.6 is 0 Å². The first-order valence-corrected chi connectivity index (χ1v) is 10.7. The summed E-state index contributed by atoms with van der Waals surface area (Å²) in [5.41, 5.74) is 0. The second-order valence-corrected chi connectivity index (χ2v) is 8.56. The van der Waals surface area contributed by atoms with Gasteiger partial charge in [0.2, 0.25) is 0 Å².